The maximum atomic E-state index is 12.9. The van der Waals surface area contributed by atoms with E-state index in [1.807, 2.05) is 108 Å². The lowest BCUT2D eigenvalue weighted by Crippen LogP contribution is -2.40. The van der Waals surface area contributed by atoms with Gasteiger partial charge in [-0.05, 0) is 115 Å². The van der Waals surface area contributed by atoms with Crippen molar-refractivity contribution in [2.24, 2.45) is 0 Å². The Bertz CT molecular complexity index is 3040. The van der Waals surface area contributed by atoms with Crippen molar-refractivity contribution in [1.82, 2.24) is 40.3 Å². The minimum Gasteiger partial charge on any atom is -0.399 e. The standard InChI is InChI=1S/C21H20N6O3.C21H22N6O/c1-10(2)26-17-9-16-15(8-13(17)21(3,4)20(26)28)22-19(23-16)18-12-7-11(27(29)30)5-6-14(12)24-25-18;1-10(2)27-17-9-16-15(8-13(17)21(3,4)20(27)28)23-19(24-16)18-12-7-11(22)5-6-14(12)25-26-18/h5-10H,1-4H3,(H,22,23)(H,24,25);5-10H,22H2,1-4H3,(H,23,24)(H,25,26). The maximum absolute atomic E-state index is 12.9. The number of nitrogens with zero attached hydrogens (tertiary/aromatic N) is 7. The van der Waals surface area contributed by atoms with Crippen molar-refractivity contribution < 1.29 is 14.5 Å². The Balaban J connectivity index is 0.000000151. The van der Waals surface area contributed by atoms with E-state index in [1.165, 1.54) is 12.1 Å². The van der Waals surface area contributed by atoms with Crippen molar-refractivity contribution in [3.05, 3.63) is 81.9 Å². The number of rotatable bonds is 5. The summed E-state index contributed by atoms with van der Waals surface area (Å²) in [7, 11) is 0. The molecule has 4 aromatic carbocycles. The van der Waals surface area contributed by atoms with Crippen molar-refractivity contribution in [1.29, 1.82) is 0 Å². The lowest BCUT2D eigenvalue weighted by Gasteiger charge is -2.24. The highest BCUT2D eigenvalue weighted by molar-refractivity contribution is 6.11. The molecule has 0 fully saturated rings. The van der Waals surface area contributed by atoms with E-state index in [1.54, 1.807) is 6.07 Å². The topological polar surface area (TPSA) is 224 Å². The van der Waals surface area contributed by atoms with Gasteiger partial charge in [0.15, 0.2) is 11.6 Å². The molecule has 16 heteroatoms. The van der Waals surface area contributed by atoms with E-state index in [4.69, 9.17) is 10.7 Å². The number of aromatic amines is 4. The minimum absolute atomic E-state index is 0.00641. The van der Waals surface area contributed by atoms with E-state index in [9.17, 15) is 19.7 Å². The Hall–Kier alpha value is -7.10. The zero-order valence-corrected chi connectivity index (χ0v) is 33.3. The van der Waals surface area contributed by atoms with E-state index >= 15 is 0 Å². The molecule has 0 radical (unpaired) electrons. The van der Waals surface area contributed by atoms with Crippen LogP contribution in [0.3, 0.4) is 0 Å². The largest absolute Gasteiger partial charge is 0.399 e. The number of nitro groups is 1. The van der Waals surface area contributed by atoms with Gasteiger partial charge in [0, 0.05) is 40.7 Å². The number of nitrogen functional groups attached to an aromatic ring is 1. The molecule has 10 rings (SSSR count). The van der Waals surface area contributed by atoms with Gasteiger partial charge in [0.25, 0.3) is 5.69 Å². The zero-order valence-electron chi connectivity index (χ0n) is 33.3. The number of nitrogens with two attached hydrogens (primary N) is 1. The first-order chi connectivity index (χ1) is 27.4. The first-order valence-corrected chi connectivity index (χ1v) is 19.1. The molecular formula is C42H42N12O4. The second kappa shape index (κ2) is 12.4. The van der Waals surface area contributed by atoms with Gasteiger partial charge in [0.2, 0.25) is 11.8 Å². The molecule has 0 saturated heterocycles. The number of non-ortho nitro benzene ring substituents is 1. The molecule has 294 valence electrons. The summed E-state index contributed by atoms with van der Waals surface area (Å²) in [5, 5.41) is 27.4. The Morgan fingerprint density at radius 3 is 1.55 bits per heavy atom. The first kappa shape index (κ1) is 36.5. The van der Waals surface area contributed by atoms with Crippen molar-refractivity contribution in [3.8, 4) is 23.0 Å². The van der Waals surface area contributed by atoms with E-state index in [2.05, 4.69) is 35.3 Å². The molecule has 0 unspecified atom stereocenters. The maximum Gasteiger partial charge on any atom is 0.270 e. The van der Waals surface area contributed by atoms with Gasteiger partial charge < -0.3 is 25.5 Å². The number of anilines is 3. The molecule has 16 nitrogen and oxygen atoms in total. The van der Waals surface area contributed by atoms with Crippen LogP contribution in [0, 0.1) is 10.1 Å². The van der Waals surface area contributed by atoms with E-state index in [0.29, 0.717) is 39.4 Å². The summed E-state index contributed by atoms with van der Waals surface area (Å²) < 4.78 is 0. The number of amides is 2. The molecule has 8 aromatic rings. The van der Waals surface area contributed by atoms with E-state index < -0.39 is 15.8 Å². The predicted molar refractivity (Wildman–Crippen MR) is 225 cm³/mol. The van der Waals surface area contributed by atoms with Gasteiger partial charge in [-0.2, -0.15) is 10.2 Å². The Morgan fingerprint density at radius 2 is 1.10 bits per heavy atom. The van der Waals surface area contributed by atoms with Crippen molar-refractivity contribution in [2.75, 3.05) is 15.5 Å². The van der Waals surface area contributed by atoms with Gasteiger partial charge in [0.05, 0.1) is 60.2 Å². The normalized spacial score (nSPS) is 15.7. The number of benzene rings is 4. The molecule has 0 atom stereocenters. The highest BCUT2D eigenvalue weighted by Gasteiger charge is 2.46. The molecular weight excluding hydrogens is 737 g/mol. The zero-order chi connectivity index (χ0) is 41.2. The van der Waals surface area contributed by atoms with Gasteiger partial charge in [-0.3, -0.25) is 29.9 Å². The lowest BCUT2D eigenvalue weighted by atomic mass is 9.86. The van der Waals surface area contributed by atoms with E-state index in [0.717, 1.165) is 55.6 Å². The fourth-order valence-corrected chi connectivity index (χ4v) is 8.30. The number of nitro benzene ring substituents is 1. The van der Waals surface area contributed by atoms with Crippen LogP contribution in [-0.4, -0.2) is 69.2 Å². The van der Waals surface area contributed by atoms with Crippen molar-refractivity contribution in [3.63, 3.8) is 0 Å². The number of hydrogen-bond acceptors (Lipinski definition) is 9. The van der Waals surface area contributed by atoms with Crippen LogP contribution in [0.1, 0.15) is 66.5 Å². The average molecular weight is 779 g/mol. The van der Waals surface area contributed by atoms with Gasteiger partial charge in [0.1, 0.15) is 11.4 Å². The van der Waals surface area contributed by atoms with Crippen LogP contribution in [-0.2, 0) is 20.4 Å². The van der Waals surface area contributed by atoms with Crippen molar-refractivity contribution in [2.45, 2.75) is 78.3 Å². The van der Waals surface area contributed by atoms with Gasteiger partial charge in [-0.25, -0.2) is 9.97 Å². The third-order valence-electron chi connectivity index (χ3n) is 11.4. The number of aromatic nitrogens is 8. The lowest BCUT2D eigenvalue weighted by molar-refractivity contribution is -0.384. The summed E-state index contributed by atoms with van der Waals surface area (Å²) in [5.41, 5.74) is 15.2. The SMILES string of the molecule is CC(C)N1C(=O)C(C)(C)c2cc3[nH]c(-c4n[nH]c5ccc(N)cc45)nc3cc21.CC(C)N1C(=O)C(C)(C)c2cc3[nH]c(-c4n[nH]c5ccc([N+](=O)[O-])cc45)nc3cc21. The fraction of sp³-hybridized carbons (Fsp3) is 0.286. The monoisotopic (exact) mass is 778 g/mol. The van der Waals surface area contributed by atoms with Gasteiger partial charge >= 0.3 is 0 Å². The molecule has 2 aliphatic rings. The molecule has 0 aliphatic carbocycles. The molecule has 58 heavy (non-hydrogen) atoms. The Morgan fingerprint density at radius 1 is 0.655 bits per heavy atom. The Labute approximate surface area is 331 Å². The van der Waals surface area contributed by atoms with Crippen LogP contribution in [0.5, 0.6) is 0 Å². The molecule has 4 aromatic heterocycles. The predicted octanol–water partition coefficient (Wildman–Crippen LogP) is 7.77. The summed E-state index contributed by atoms with van der Waals surface area (Å²) in [4.78, 5) is 56.4. The summed E-state index contributed by atoms with van der Waals surface area (Å²) in [6.07, 6.45) is 0. The fourth-order valence-electron chi connectivity index (χ4n) is 8.30. The molecule has 2 amide bonds. The van der Waals surface area contributed by atoms with Crippen LogP contribution in [0.25, 0.3) is 66.9 Å². The smallest absolute Gasteiger partial charge is 0.270 e. The molecule has 2 aliphatic heterocycles. The molecule has 0 bridgehead atoms. The van der Waals surface area contributed by atoms with Crippen LogP contribution < -0.4 is 15.5 Å². The third kappa shape index (κ3) is 5.34. The van der Waals surface area contributed by atoms with Crippen LogP contribution in [0.15, 0.2) is 60.7 Å². The van der Waals surface area contributed by atoms with Crippen LogP contribution >= 0.6 is 0 Å². The quantitative estimate of drug-likeness (QED) is 0.0653. The second-order valence-corrected chi connectivity index (χ2v) is 16.7. The minimum atomic E-state index is -0.626. The third-order valence-corrected chi connectivity index (χ3v) is 11.4. The number of carbonyl (C=O) groups excluding carboxylic acids is 2. The van der Waals surface area contributed by atoms with Gasteiger partial charge in [-0.1, -0.05) is 0 Å². The number of fused-ring (bicyclic) bond motifs is 6. The highest BCUT2D eigenvalue weighted by atomic mass is 16.6. The van der Waals surface area contributed by atoms with Gasteiger partial charge in [-0.15, -0.1) is 0 Å². The van der Waals surface area contributed by atoms with Crippen LogP contribution in [0.2, 0.25) is 0 Å². The summed E-state index contributed by atoms with van der Waals surface area (Å²) in [6, 6.07) is 18.3. The highest BCUT2D eigenvalue weighted by Crippen LogP contribution is 2.46. The van der Waals surface area contributed by atoms with Crippen molar-refractivity contribution >= 4 is 78.4 Å². The molecule has 0 spiro atoms. The molecule has 6 N–H and O–H groups in total. The number of carbonyl (C=O) groups is 2. The summed E-state index contributed by atoms with van der Waals surface area (Å²) in [6.45, 7) is 15.9. The number of imidazole rings is 2. The Kier molecular flexibility index (Phi) is 7.84. The van der Waals surface area contributed by atoms with Crippen LogP contribution in [0.4, 0.5) is 22.7 Å². The first-order valence-electron chi connectivity index (χ1n) is 19.1. The second-order valence-electron chi connectivity index (χ2n) is 16.7. The number of H-pyrrole nitrogens is 4. The summed E-state index contributed by atoms with van der Waals surface area (Å²) >= 11 is 0. The molecule has 6 heterocycles. The molecule has 0 saturated carbocycles. The average Bonchev–Trinajstić information content (AvgIpc) is 4.00. The number of nitrogens with one attached hydrogen (secondary N) is 4. The van der Waals surface area contributed by atoms with E-state index in [-0.39, 0.29) is 29.6 Å². The summed E-state index contributed by atoms with van der Waals surface area (Å²) in [5.74, 6) is 1.39. The number of hydrogen-bond donors (Lipinski definition) is 5.